The van der Waals surface area contributed by atoms with Crippen molar-refractivity contribution in [1.82, 2.24) is 20.6 Å². The van der Waals surface area contributed by atoms with Crippen molar-refractivity contribution in [2.45, 2.75) is 52.0 Å². The maximum Gasteiger partial charge on any atom is 0.229 e. The first-order valence-electron chi connectivity index (χ1n) is 9.97. The summed E-state index contributed by atoms with van der Waals surface area (Å²) in [7, 11) is 0. The normalized spacial score (nSPS) is 14.6. The molecule has 4 N–H and O–H groups in total. The minimum atomic E-state index is 0.261. The lowest BCUT2D eigenvalue weighted by atomic mass is 10.1. The zero-order valence-electron chi connectivity index (χ0n) is 16.9. The van der Waals surface area contributed by atoms with Crippen molar-refractivity contribution in [2.24, 2.45) is 4.99 Å². The molecule has 0 amide bonds. The number of aromatic hydroxyl groups is 1. The van der Waals surface area contributed by atoms with Crippen molar-refractivity contribution in [3.05, 3.63) is 47.3 Å². The number of phenols is 1. The Kier molecular flexibility index (Phi) is 7.35. The molecule has 0 atom stereocenters. The number of hydrogen-bond donors (Lipinski definition) is 4. The Hall–Kier alpha value is -2.74. The van der Waals surface area contributed by atoms with Crippen molar-refractivity contribution < 1.29 is 5.11 Å². The minimum absolute atomic E-state index is 0.261. The molecule has 1 aliphatic rings. The molecule has 1 aliphatic carbocycles. The highest BCUT2D eigenvalue weighted by Gasteiger charge is 2.16. The first kappa shape index (κ1) is 21.0. The highest BCUT2D eigenvalue weighted by atomic mass is 32.1. The second kappa shape index (κ2) is 10.2. The lowest BCUT2D eigenvalue weighted by Crippen LogP contribution is -2.46. The SMILES string of the molecule is Cc1cc(C)nc(NC(=NCCc2ccc(O)cc2)NC(=S)NC2CCCC2)n1. The quantitative estimate of drug-likeness (QED) is 0.340. The van der Waals surface area contributed by atoms with Crippen LogP contribution in [0, 0.1) is 13.8 Å². The number of nitrogens with zero attached hydrogens (tertiary/aromatic N) is 3. The molecule has 8 heteroatoms. The van der Waals surface area contributed by atoms with Gasteiger partial charge in [0.25, 0.3) is 0 Å². The Morgan fingerprint density at radius 1 is 1.14 bits per heavy atom. The molecule has 0 bridgehead atoms. The summed E-state index contributed by atoms with van der Waals surface area (Å²) in [5.74, 6) is 1.27. The molecule has 7 nitrogen and oxygen atoms in total. The van der Waals surface area contributed by atoms with Crippen LogP contribution in [0.25, 0.3) is 0 Å². The van der Waals surface area contributed by atoms with E-state index in [4.69, 9.17) is 12.2 Å². The van der Waals surface area contributed by atoms with Crippen LogP contribution in [0.2, 0.25) is 0 Å². The van der Waals surface area contributed by atoms with Crippen molar-refractivity contribution in [1.29, 1.82) is 0 Å². The van der Waals surface area contributed by atoms with Gasteiger partial charge in [0, 0.05) is 24.0 Å². The molecule has 3 rings (SSSR count). The van der Waals surface area contributed by atoms with Crippen LogP contribution < -0.4 is 16.0 Å². The Labute approximate surface area is 177 Å². The van der Waals surface area contributed by atoms with Gasteiger partial charge in [-0.25, -0.2) is 9.97 Å². The standard InChI is InChI=1S/C21H28N6OS/c1-14-13-15(2)24-20(23-14)26-19(27-21(29)25-17-5-3-4-6-17)22-12-11-16-7-9-18(28)10-8-16/h7-10,13,17,28H,3-6,11-12H2,1-2H3,(H3,22,23,24,25,26,27,29). The first-order valence-corrected chi connectivity index (χ1v) is 10.4. The number of rotatable bonds is 5. The summed E-state index contributed by atoms with van der Waals surface area (Å²) in [4.78, 5) is 13.5. The Balaban J connectivity index is 1.66. The van der Waals surface area contributed by atoms with Gasteiger partial charge in [-0.2, -0.15) is 0 Å². The van der Waals surface area contributed by atoms with Gasteiger partial charge >= 0.3 is 0 Å². The average Bonchev–Trinajstić information content (AvgIpc) is 3.15. The second-order valence-corrected chi connectivity index (χ2v) is 7.73. The molecule has 0 aliphatic heterocycles. The highest BCUT2D eigenvalue weighted by molar-refractivity contribution is 7.80. The number of guanidine groups is 1. The summed E-state index contributed by atoms with van der Waals surface area (Å²) in [6, 6.07) is 9.49. The predicted molar refractivity (Wildman–Crippen MR) is 120 cm³/mol. The van der Waals surface area contributed by atoms with Gasteiger partial charge in [-0.05, 0) is 69.1 Å². The molecule has 1 saturated carbocycles. The van der Waals surface area contributed by atoms with E-state index < -0.39 is 0 Å². The van der Waals surface area contributed by atoms with Crippen LogP contribution in [0.4, 0.5) is 5.95 Å². The van der Waals surface area contributed by atoms with Crippen molar-refractivity contribution in [2.75, 3.05) is 11.9 Å². The third-order valence-electron chi connectivity index (χ3n) is 4.74. The highest BCUT2D eigenvalue weighted by Crippen LogP contribution is 2.17. The topological polar surface area (TPSA) is 94.5 Å². The van der Waals surface area contributed by atoms with E-state index in [9.17, 15) is 5.11 Å². The maximum atomic E-state index is 9.41. The number of nitrogens with one attached hydrogen (secondary N) is 3. The number of anilines is 1. The third kappa shape index (κ3) is 6.98. The average molecular weight is 413 g/mol. The lowest BCUT2D eigenvalue weighted by molar-refractivity contribution is 0.475. The van der Waals surface area contributed by atoms with E-state index in [2.05, 4.69) is 30.9 Å². The monoisotopic (exact) mass is 412 g/mol. The van der Waals surface area contributed by atoms with Gasteiger partial charge in [0.15, 0.2) is 5.11 Å². The number of aromatic nitrogens is 2. The van der Waals surface area contributed by atoms with E-state index in [1.807, 2.05) is 32.0 Å². The largest absolute Gasteiger partial charge is 0.508 e. The molecule has 1 heterocycles. The van der Waals surface area contributed by atoms with Gasteiger partial charge < -0.3 is 15.7 Å². The fourth-order valence-electron chi connectivity index (χ4n) is 3.36. The molecule has 0 spiro atoms. The summed E-state index contributed by atoms with van der Waals surface area (Å²) >= 11 is 5.48. The molecule has 2 aromatic rings. The number of thiocarbonyl (C=S) groups is 1. The number of aryl methyl sites for hydroxylation is 2. The smallest absolute Gasteiger partial charge is 0.229 e. The molecular formula is C21H28N6OS. The maximum absolute atomic E-state index is 9.41. The van der Waals surface area contributed by atoms with E-state index >= 15 is 0 Å². The first-order chi connectivity index (χ1) is 14.0. The van der Waals surface area contributed by atoms with Crippen LogP contribution >= 0.6 is 12.2 Å². The molecule has 0 saturated heterocycles. The third-order valence-corrected chi connectivity index (χ3v) is 4.96. The van der Waals surface area contributed by atoms with Crippen LogP contribution in [0.3, 0.4) is 0 Å². The summed E-state index contributed by atoms with van der Waals surface area (Å²) in [5.41, 5.74) is 2.87. The Morgan fingerprint density at radius 2 is 1.79 bits per heavy atom. The fraction of sp³-hybridized carbons (Fsp3) is 0.429. The molecule has 0 radical (unpaired) electrons. The number of phenolic OH excluding ortho intramolecular Hbond substituents is 1. The Bertz CT molecular complexity index is 842. The van der Waals surface area contributed by atoms with E-state index in [1.165, 1.54) is 12.8 Å². The molecular weight excluding hydrogens is 384 g/mol. The second-order valence-electron chi connectivity index (χ2n) is 7.33. The van der Waals surface area contributed by atoms with Gasteiger partial charge in [0.1, 0.15) is 5.75 Å². The van der Waals surface area contributed by atoms with E-state index in [1.54, 1.807) is 12.1 Å². The van der Waals surface area contributed by atoms with Gasteiger partial charge in [0.2, 0.25) is 11.9 Å². The summed E-state index contributed by atoms with van der Waals surface area (Å²) in [5, 5.41) is 19.7. The molecule has 1 aromatic heterocycles. The Morgan fingerprint density at radius 3 is 2.45 bits per heavy atom. The van der Waals surface area contributed by atoms with Crippen LogP contribution in [-0.2, 0) is 6.42 Å². The lowest BCUT2D eigenvalue weighted by Gasteiger charge is -2.17. The zero-order valence-corrected chi connectivity index (χ0v) is 17.7. The summed E-state index contributed by atoms with van der Waals surface area (Å²) < 4.78 is 0. The van der Waals surface area contributed by atoms with Crippen molar-refractivity contribution >= 4 is 29.2 Å². The number of hydrogen-bond acceptors (Lipinski definition) is 5. The van der Waals surface area contributed by atoms with Crippen molar-refractivity contribution in [3.8, 4) is 5.75 Å². The van der Waals surface area contributed by atoms with Crippen LogP contribution in [0.15, 0.2) is 35.3 Å². The van der Waals surface area contributed by atoms with E-state index in [-0.39, 0.29) is 5.75 Å². The molecule has 1 fully saturated rings. The predicted octanol–water partition coefficient (Wildman–Crippen LogP) is 3.22. The van der Waals surface area contributed by atoms with Gasteiger partial charge in [-0.3, -0.25) is 10.3 Å². The molecule has 0 unspecified atom stereocenters. The van der Waals surface area contributed by atoms with Crippen LogP contribution in [0.5, 0.6) is 5.75 Å². The van der Waals surface area contributed by atoms with Gasteiger partial charge in [-0.1, -0.05) is 25.0 Å². The minimum Gasteiger partial charge on any atom is -0.508 e. The molecule has 154 valence electrons. The zero-order chi connectivity index (χ0) is 20.6. The van der Waals surface area contributed by atoms with E-state index in [0.29, 0.717) is 29.6 Å². The molecule has 1 aromatic carbocycles. The number of aliphatic imine (C=N–C) groups is 1. The number of benzene rings is 1. The van der Waals surface area contributed by atoms with E-state index in [0.717, 1.165) is 36.2 Å². The fourth-order valence-corrected chi connectivity index (χ4v) is 3.62. The van der Waals surface area contributed by atoms with Crippen LogP contribution in [-0.4, -0.2) is 38.7 Å². The summed E-state index contributed by atoms with van der Waals surface area (Å²) in [6.07, 6.45) is 5.50. The van der Waals surface area contributed by atoms with Gasteiger partial charge in [-0.15, -0.1) is 0 Å². The summed E-state index contributed by atoms with van der Waals surface area (Å²) in [6.45, 7) is 4.42. The molecule has 29 heavy (non-hydrogen) atoms. The van der Waals surface area contributed by atoms with Crippen molar-refractivity contribution in [3.63, 3.8) is 0 Å². The van der Waals surface area contributed by atoms with Crippen LogP contribution in [0.1, 0.15) is 42.6 Å². The van der Waals surface area contributed by atoms with Gasteiger partial charge in [0.05, 0.1) is 0 Å².